The summed E-state index contributed by atoms with van der Waals surface area (Å²) in [4.78, 5) is 15.2. The van der Waals surface area contributed by atoms with Gasteiger partial charge in [-0.15, -0.1) is 0 Å². The lowest BCUT2D eigenvalue weighted by molar-refractivity contribution is -0.192. The van der Waals surface area contributed by atoms with Crippen molar-refractivity contribution in [1.29, 1.82) is 0 Å². The molecule has 3 rings (SSSR count). The molecule has 0 radical (unpaired) electrons. The van der Waals surface area contributed by atoms with Gasteiger partial charge in [-0.2, -0.15) is 13.2 Å². The number of carboxylic acids is 1. The standard InChI is InChI=1S/C15H17F2N3O.C2HF3O2/c16-11-5-10-2-4-20(7-12(10)13(17)6-11)8-14-15(1-3-18)21-9-19-14;3-2(4,5)1(6)7/h5-6,9H,1-4,7-8,18H2;(H,6,7). The summed E-state index contributed by atoms with van der Waals surface area (Å²) in [5.74, 6) is -2.96. The van der Waals surface area contributed by atoms with Gasteiger partial charge in [-0.25, -0.2) is 18.6 Å². The normalized spacial score (nSPS) is 14.2. The third-order valence-electron chi connectivity index (χ3n) is 4.04. The van der Waals surface area contributed by atoms with E-state index >= 15 is 0 Å². The van der Waals surface area contributed by atoms with Gasteiger partial charge in [0.05, 0.1) is 5.69 Å². The van der Waals surface area contributed by atoms with E-state index in [9.17, 15) is 22.0 Å². The number of nitrogens with two attached hydrogens (primary N) is 1. The van der Waals surface area contributed by atoms with Gasteiger partial charge in [0.1, 0.15) is 17.4 Å². The van der Waals surface area contributed by atoms with Gasteiger partial charge >= 0.3 is 12.1 Å². The number of fused-ring (bicyclic) bond motifs is 1. The Labute approximate surface area is 156 Å². The number of oxazole rings is 1. The molecule has 3 N–H and O–H groups in total. The Hall–Kier alpha value is -2.53. The monoisotopic (exact) mass is 407 g/mol. The van der Waals surface area contributed by atoms with Crippen LogP contribution in [0.15, 0.2) is 22.9 Å². The molecule has 0 unspecified atom stereocenters. The van der Waals surface area contributed by atoms with E-state index in [0.717, 1.165) is 29.6 Å². The minimum absolute atomic E-state index is 0.455. The second kappa shape index (κ2) is 9.11. The SMILES string of the molecule is NCCc1ocnc1CN1CCc2cc(F)cc(F)c2C1.O=C(O)C(F)(F)F. The second-order valence-corrected chi connectivity index (χ2v) is 6.05. The van der Waals surface area contributed by atoms with Crippen molar-refractivity contribution >= 4 is 5.97 Å². The van der Waals surface area contributed by atoms with Crippen LogP contribution in [0.3, 0.4) is 0 Å². The molecule has 0 fully saturated rings. The number of aromatic nitrogens is 1. The van der Waals surface area contributed by atoms with E-state index in [4.69, 9.17) is 20.1 Å². The molecule has 0 spiro atoms. The van der Waals surface area contributed by atoms with E-state index in [1.807, 2.05) is 0 Å². The average molecular weight is 407 g/mol. The van der Waals surface area contributed by atoms with Crippen LogP contribution in [0.5, 0.6) is 0 Å². The Morgan fingerprint density at radius 3 is 2.61 bits per heavy atom. The van der Waals surface area contributed by atoms with Gasteiger partial charge in [0.25, 0.3) is 0 Å². The van der Waals surface area contributed by atoms with Crippen LogP contribution in [0, 0.1) is 11.6 Å². The maximum Gasteiger partial charge on any atom is 0.490 e. The van der Waals surface area contributed by atoms with Crippen LogP contribution in [-0.2, 0) is 30.7 Å². The number of rotatable bonds is 4. The first-order valence-corrected chi connectivity index (χ1v) is 8.22. The smallest absolute Gasteiger partial charge is 0.475 e. The summed E-state index contributed by atoms with van der Waals surface area (Å²) in [6.45, 7) is 2.28. The topological polar surface area (TPSA) is 92.6 Å². The van der Waals surface area contributed by atoms with Gasteiger partial charge < -0.3 is 15.3 Å². The van der Waals surface area contributed by atoms with E-state index in [1.54, 1.807) is 0 Å². The highest BCUT2D eigenvalue weighted by Crippen LogP contribution is 2.24. The summed E-state index contributed by atoms with van der Waals surface area (Å²) in [5, 5.41) is 7.12. The predicted molar refractivity (Wildman–Crippen MR) is 87.1 cm³/mol. The summed E-state index contributed by atoms with van der Waals surface area (Å²) < 4.78 is 64.1. The fraction of sp³-hybridized carbons (Fsp3) is 0.412. The molecule has 11 heteroatoms. The van der Waals surface area contributed by atoms with Crippen molar-refractivity contribution in [2.75, 3.05) is 13.1 Å². The molecule has 2 heterocycles. The Morgan fingerprint density at radius 1 is 1.32 bits per heavy atom. The molecule has 0 saturated heterocycles. The van der Waals surface area contributed by atoms with Crippen molar-refractivity contribution in [2.45, 2.75) is 32.1 Å². The molecular weight excluding hydrogens is 389 g/mol. The highest BCUT2D eigenvalue weighted by atomic mass is 19.4. The maximum atomic E-state index is 13.9. The molecule has 1 aromatic carbocycles. The number of carboxylic acid groups (broad SMARTS) is 1. The Kier molecular flexibility index (Phi) is 7.08. The van der Waals surface area contributed by atoms with Crippen LogP contribution in [0.1, 0.15) is 22.6 Å². The van der Waals surface area contributed by atoms with Crippen LogP contribution in [0.4, 0.5) is 22.0 Å². The number of benzene rings is 1. The molecular formula is C17H18F5N3O3. The maximum absolute atomic E-state index is 13.9. The van der Waals surface area contributed by atoms with Crippen molar-refractivity contribution in [1.82, 2.24) is 9.88 Å². The fourth-order valence-electron chi connectivity index (χ4n) is 2.74. The van der Waals surface area contributed by atoms with Crippen LogP contribution in [0.2, 0.25) is 0 Å². The van der Waals surface area contributed by atoms with Gasteiger partial charge in [-0.3, -0.25) is 4.90 Å². The van der Waals surface area contributed by atoms with Crippen molar-refractivity contribution in [3.05, 3.63) is 52.7 Å². The first-order valence-electron chi connectivity index (χ1n) is 8.22. The van der Waals surface area contributed by atoms with Crippen molar-refractivity contribution < 1.29 is 36.3 Å². The lowest BCUT2D eigenvalue weighted by atomic mass is 9.99. The van der Waals surface area contributed by atoms with E-state index < -0.39 is 23.8 Å². The Bertz CT molecular complexity index is 823. The van der Waals surface area contributed by atoms with E-state index in [0.29, 0.717) is 38.0 Å². The minimum Gasteiger partial charge on any atom is -0.475 e. The summed E-state index contributed by atoms with van der Waals surface area (Å²) in [6, 6.07) is 2.37. The fourth-order valence-corrected chi connectivity index (χ4v) is 2.74. The zero-order chi connectivity index (χ0) is 20.9. The summed E-state index contributed by atoms with van der Waals surface area (Å²) in [6.07, 6.45) is -2.40. The quantitative estimate of drug-likeness (QED) is 0.757. The van der Waals surface area contributed by atoms with Crippen molar-refractivity contribution in [3.63, 3.8) is 0 Å². The Balaban J connectivity index is 0.000000345. The minimum atomic E-state index is -5.08. The number of carbonyl (C=O) groups is 1. The highest BCUT2D eigenvalue weighted by molar-refractivity contribution is 5.73. The molecule has 1 aliphatic rings. The van der Waals surface area contributed by atoms with Crippen molar-refractivity contribution in [2.24, 2.45) is 5.73 Å². The number of halogens is 5. The number of hydrogen-bond donors (Lipinski definition) is 2. The summed E-state index contributed by atoms with van der Waals surface area (Å²) in [5.41, 5.74) is 7.70. The van der Waals surface area contributed by atoms with Crippen LogP contribution < -0.4 is 5.73 Å². The third kappa shape index (κ3) is 5.73. The lowest BCUT2D eigenvalue weighted by Crippen LogP contribution is -2.31. The number of alkyl halides is 3. The second-order valence-electron chi connectivity index (χ2n) is 6.05. The first kappa shape index (κ1) is 21.8. The average Bonchev–Trinajstić information content (AvgIpc) is 3.02. The van der Waals surface area contributed by atoms with E-state index in [2.05, 4.69) is 9.88 Å². The molecule has 28 heavy (non-hydrogen) atoms. The van der Waals surface area contributed by atoms with Crippen molar-refractivity contribution in [3.8, 4) is 0 Å². The number of aliphatic carboxylic acids is 1. The molecule has 0 saturated carbocycles. The molecule has 0 amide bonds. The van der Waals surface area contributed by atoms with Gasteiger partial charge in [0.15, 0.2) is 6.39 Å². The van der Waals surface area contributed by atoms with Gasteiger partial charge in [0.2, 0.25) is 0 Å². The first-order chi connectivity index (χ1) is 13.1. The van der Waals surface area contributed by atoms with Crippen LogP contribution >= 0.6 is 0 Å². The van der Waals surface area contributed by atoms with E-state index in [-0.39, 0.29) is 0 Å². The van der Waals surface area contributed by atoms with Crippen LogP contribution in [-0.4, -0.2) is 40.2 Å². The third-order valence-corrected chi connectivity index (χ3v) is 4.04. The molecule has 1 aromatic heterocycles. The number of nitrogens with zero attached hydrogens (tertiary/aromatic N) is 2. The zero-order valence-electron chi connectivity index (χ0n) is 14.6. The van der Waals surface area contributed by atoms with E-state index in [1.165, 1.54) is 12.5 Å². The Morgan fingerprint density at radius 2 is 2.00 bits per heavy atom. The van der Waals surface area contributed by atoms with Gasteiger partial charge in [-0.1, -0.05) is 0 Å². The molecule has 0 atom stereocenters. The molecule has 0 aliphatic carbocycles. The largest absolute Gasteiger partial charge is 0.490 e. The van der Waals surface area contributed by atoms with Gasteiger partial charge in [0, 0.05) is 37.7 Å². The predicted octanol–water partition coefficient (Wildman–Crippen LogP) is 2.65. The highest BCUT2D eigenvalue weighted by Gasteiger charge is 2.38. The molecule has 0 bridgehead atoms. The van der Waals surface area contributed by atoms with Gasteiger partial charge in [-0.05, 0) is 24.6 Å². The molecule has 6 nitrogen and oxygen atoms in total. The molecule has 154 valence electrons. The molecule has 2 aromatic rings. The summed E-state index contributed by atoms with van der Waals surface area (Å²) in [7, 11) is 0. The summed E-state index contributed by atoms with van der Waals surface area (Å²) >= 11 is 0. The zero-order valence-corrected chi connectivity index (χ0v) is 14.6. The van der Waals surface area contributed by atoms with Crippen LogP contribution in [0.25, 0.3) is 0 Å². The molecule has 1 aliphatic heterocycles. The number of hydrogen-bond acceptors (Lipinski definition) is 5. The lowest BCUT2D eigenvalue weighted by Gasteiger charge is -2.28.